The van der Waals surface area contributed by atoms with E-state index < -0.39 is 6.04 Å². The maximum absolute atomic E-state index is 13.5. The first-order chi connectivity index (χ1) is 14.4. The molecule has 1 aliphatic heterocycles. The third-order valence-electron chi connectivity index (χ3n) is 5.64. The van der Waals surface area contributed by atoms with Crippen LogP contribution in [0.2, 0.25) is 0 Å². The molecule has 0 aliphatic carbocycles. The summed E-state index contributed by atoms with van der Waals surface area (Å²) in [6.07, 6.45) is 0. The zero-order valence-electron chi connectivity index (χ0n) is 16.8. The maximum Gasteiger partial charge on any atom is 0.290 e. The number of carbonyl (C=O) groups is 1. The Morgan fingerprint density at radius 1 is 1.03 bits per heavy atom. The smallest absolute Gasteiger partial charge is 0.290 e. The summed E-state index contributed by atoms with van der Waals surface area (Å²) in [5.41, 5.74) is 1.58. The maximum atomic E-state index is 13.5. The molecule has 0 N–H and O–H groups in total. The zero-order valence-corrected chi connectivity index (χ0v) is 20.0. The topological polar surface area (TPSA) is 53.8 Å². The highest BCUT2D eigenvalue weighted by atomic mass is 79.9. The number of likely N-dealkylation sites (N-methyl/N-ethyl adjacent to an activating group) is 1. The SMILES string of the molecule is CCN(CC)CCN1C(=O)c2oc3ccc(Br)cc3c(=O)c2C1c1cccc(Br)c1. The van der Waals surface area contributed by atoms with Crippen molar-refractivity contribution in [2.24, 2.45) is 0 Å². The fourth-order valence-electron chi connectivity index (χ4n) is 4.04. The van der Waals surface area contributed by atoms with E-state index >= 15 is 0 Å². The molecule has 5 nitrogen and oxygen atoms in total. The van der Waals surface area contributed by atoms with Gasteiger partial charge in [0.05, 0.1) is 17.0 Å². The molecule has 2 aromatic carbocycles. The van der Waals surface area contributed by atoms with Crippen LogP contribution in [0, 0.1) is 0 Å². The summed E-state index contributed by atoms with van der Waals surface area (Å²) in [7, 11) is 0. The highest BCUT2D eigenvalue weighted by Gasteiger charge is 2.42. The van der Waals surface area contributed by atoms with Crippen molar-refractivity contribution in [1.82, 2.24) is 9.80 Å². The Kier molecular flexibility index (Phi) is 6.14. The minimum absolute atomic E-state index is 0.152. The van der Waals surface area contributed by atoms with Gasteiger partial charge in [0.15, 0.2) is 5.43 Å². The average molecular weight is 534 g/mol. The minimum atomic E-state index is -0.472. The van der Waals surface area contributed by atoms with Gasteiger partial charge >= 0.3 is 0 Å². The molecule has 3 aromatic rings. The Labute approximate surface area is 191 Å². The summed E-state index contributed by atoms with van der Waals surface area (Å²) in [5, 5.41) is 0.474. The number of fused-ring (bicyclic) bond motifs is 2. The average Bonchev–Trinajstić information content (AvgIpc) is 3.02. The quantitative estimate of drug-likeness (QED) is 0.436. The Morgan fingerprint density at radius 3 is 2.47 bits per heavy atom. The molecule has 4 rings (SSSR count). The molecule has 1 aliphatic rings. The molecule has 1 atom stereocenters. The molecule has 0 saturated heterocycles. The van der Waals surface area contributed by atoms with Crippen molar-refractivity contribution in [3.05, 3.63) is 78.5 Å². The van der Waals surface area contributed by atoms with E-state index in [0.717, 1.165) is 34.1 Å². The number of halogens is 2. The highest BCUT2D eigenvalue weighted by molar-refractivity contribution is 9.10. The number of hydrogen-bond donors (Lipinski definition) is 0. The number of carbonyl (C=O) groups excluding carboxylic acids is 1. The van der Waals surface area contributed by atoms with Crippen molar-refractivity contribution in [2.75, 3.05) is 26.2 Å². The van der Waals surface area contributed by atoms with Crippen LogP contribution < -0.4 is 5.43 Å². The molecule has 1 aromatic heterocycles. The Bertz CT molecular complexity index is 1170. The van der Waals surface area contributed by atoms with E-state index in [9.17, 15) is 9.59 Å². The van der Waals surface area contributed by atoms with E-state index in [-0.39, 0.29) is 17.1 Å². The van der Waals surface area contributed by atoms with E-state index in [2.05, 4.69) is 50.6 Å². The van der Waals surface area contributed by atoms with Gasteiger partial charge in [0.1, 0.15) is 5.58 Å². The van der Waals surface area contributed by atoms with Gasteiger partial charge in [0.2, 0.25) is 5.76 Å². The van der Waals surface area contributed by atoms with Gasteiger partial charge in [-0.15, -0.1) is 0 Å². The lowest BCUT2D eigenvalue weighted by molar-refractivity contribution is 0.0708. The van der Waals surface area contributed by atoms with Crippen LogP contribution in [-0.2, 0) is 0 Å². The minimum Gasteiger partial charge on any atom is -0.450 e. The molecule has 156 valence electrons. The normalized spacial score (nSPS) is 16.0. The number of nitrogens with zero attached hydrogens (tertiary/aromatic N) is 2. The summed E-state index contributed by atoms with van der Waals surface area (Å²) in [6.45, 7) is 7.26. The predicted molar refractivity (Wildman–Crippen MR) is 125 cm³/mol. The second kappa shape index (κ2) is 8.65. The highest BCUT2D eigenvalue weighted by Crippen LogP contribution is 2.38. The largest absolute Gasteiger partial charge is 0.450 e. The number of rotatable bonds is 6. The van der Waals surface area contributed by atoms with E-state index in [1.54, 1.807) is 23.1 Å². The Balaban J connectivity index is 1.89. The van der Waals surface area contributed by atoms with Crippen molar-refractivity contribution in [3.8, 4) is 0 Å². The fraction of sp³-hybridized carbons (Fsp3) is 0.304. The van der Waals surface area contributed by atoms with Crippen molar-refractivity contribution >= 4 is 48.7 Å². The van der Waals surface area contributed by atoms with Crippen LogP contribution in [0.25, 0.3) is 11.0 Å². The van der Waals surface area contributed by atoms with Crippen molar-refractivity contribution < 1.29 is 9.21 Å². The van der Waals surface area contributed by atoms with Crippen LogP contribution in [0.4, 0.5) is 0 Å². The number of amides is 1. The summed E-state index contributed by atoms with van der Waals surface area (Å²) in [4.78, 5) is 30.9. The molecule has 0 radical (unpaired) electrons. The van der Waals surface area contributed by atoms with E-state index in [1.165, 1.54) is 0 Å². The third kappa shape index (κ3) is 3.74. The van der Waals surface area contributed by atoms with Crippen molar-refractivity contribution in [2.45, 2.75) is 19.9 Å². The number of hydrogen-bond acceptors (Lipinski definition) is 4. The first-order valence-corrected chi connectivity index (χ1v) is 11.6. The van der Waals surface area contributed by atoms with Gasteiger partial charge < -0.3 is 14.2 Å². The summed E-state index contributed by atoms with van der Waals surface area (Å²) in [5.74, 6) is -0.0802. The fourth-order valence-corrected chi connectivity index (χ4v) is 4.81. The van der Waals surface area contributed by atoms with Gasteiger partial charge in [-0.25, -0.2) is 0 Å². The predicted octanol–water partition coefficient (Wildman–Crippen LogP) is 5.21. The molecule has 1 unspecified atom stereocenters. The van der Waals surface area contributed by atoms with Crippen LogP contribution in [-0.4, -0.2) is 41.9 Å². The third-order valence-corrected chi connectivity index (χ3v) is 6.63. The van der Waals surface area contributed by atoms with Crippen LogP contribution in [0.15, 0.2) is 60.6 Å². The standard InChI is InChI=1S/C23H22Br2N2O3/c1-3-26(4-2)10-11-27-20(14-6-5-7-15(24)12-14)19-21(28)17-13-16(25)8-9-18(17)30-22(19)23(27)29/h5-9,12-13,20H,3-4,10-11H2,1-2H3. The van der Waals surface area contributed by atoms with E-state index in [4.69, 9.17) is 4.42 Å². The second-order valence-corrected chi connectivity index (χ2v) is 9.13. The van der Waals surface area contributed by atoms with Gasteiger partial charge in [-0.2, -0.15) is 0 Å². The lowest BCUT2D eigenvalue weighted by Crippen LogP contribution is -2.37. The van der Waals surface area contributed by atoms with Gasteiger partial charge in [-0.1, -0.05) is 57.8 Å². The summed E-state index contributed by atoms with van der Waals surface area (Å²) >= 11 is 6.94. The molecule has 0 fully saturated rings. The molecule has 30 heavy (non-hydrogen) atoms. The van der Waals surface area contributed by atoms with E-state index in [1.807, 2.05) is 24.3 Å². The Morgan fingerprint density at radius 2 is 1.77 bits per heavy atom. The lowest BCUT2D eigenvalue weighted by Gasteiger charge is -2.28. The van der Waals surface area contributed by atoms with E-state index in [0.29, 0.717) is 23.1 Å². The second-order valence-electron chi connectivity index (χ2n) is 7.30. The molecular weight excluding hydrogens is 512 g/mol. The summed E-state index contributed by atoms with van der Waals surface area (Å²) < 4.78 is 7.68. The molecule has 0 spiro atoms. The van der Waals surface area contributed by atoms with Crippen molar-refractivity contribution in [1.29, 1.82) is 0 Å². The van der Waals surface area contributed by atoms with Crippen LogP contribution >= 0.6 is 31.9 Å². The molecule has 7 heteroatoms. The summed E-state index contributed by atoms with van der Waals surface area (Å²) in [6, 6.07) is 12.6. The first-order valence-electron chi connectivity index (χ1n) is 9.99. The molecule has 2 heterocycles. The molecule has 0 saturated carbocycles. The first kappa shape index (κ1) is 21.3. The van der Waals surface area contributed by atoms with Crippen LogP contribution in [0.1, 0.15) is 41.6 Å². The lowest BCUT2D eigenvalue weighted by atomic mass is 9.98. The van der Waals surface area contributed by atoms with Gasteiger partial charge in [0.25, 0.3) is 5.91 Å². The van der Waals surface area contributed by atoms with Crippen LogP contribution in [0.3, 0.4) is 0 Å². The van der Waals surface area contributed by atoms with Gasteiger partial charge in [0, 0.05) is 22.0 Å². The van der Waals surface area contributed by atoms with Crippen molar-refractivity contribution in [3.63, 3.8) is 0 Å². The van der Waals surface area contributed by atoms with Gasteiger partial charge in [-0.05, 0) is 49.0 Å². The zero-order chi connectivity index (χ0) is 21.4. The monoisotopic (exact) mass is 532 g/mol. The molecule has 1 amide bonds. The molecular formula is C23H22Br2N2O3. The van der Waals surface area contributed by atoms with Gasteiger partial charge in [-0.3, -0.25) is 9.59 Å². The Hall–Kier alpha value is -1.96. The number of benzene rings is 2. The van der Waals surface area contributed by atoms with Crippen LogP contribution in [0.5, 0.6) is 0 Å². The molecule has 0 bridgehead atoms.